The van der Waals surface area contributed by atoms with Crippen LogP contribution in [0.15, 0.2) is 44.3 Å². The molecule has 0 aliphatic heterocycles. The van der Waals surface area contributed by atoms with Gasteiger partial charge in [0.1, 0.15) is 17.9 Å². The predicted octanol–water partition coefficient (Wildman–Crippen LogP) is 4.11. The summed E-state index contributed by atoms with van der Waals surface area (Å²) in [5.41, 5.74) is 3.01. The van der Waals surface area contributed by atoms with Crippen LogP contribution in [0.1, 0.15) is 49.5 Å². The number of guanidine groups is 1. The third-order valence-corrected chi connectivity index (χ3v) is 4.26. The number of benzene rings is 1. The van der Waals surface area contributed by atoms with Crippen molar-refractivity contribution in [3.05, 3.63) is 53.1 Å². The highest BCUT2D eigenvalue weighted by atomic mass is 16.5. The molecule has 6 nitrogen and oxygen atoms in total. The predicted molar refractivity (Wildman–Crippen MR) is 103 cm³/mol. The monoisotopic (exact) mass is 354 g/mol. The van der Waals surface area contributed by atoms with E-state index in [0.29, 0.717) is 19.0 Å². The molecule has 2 aromatic heterocycles. The summed E-state index contributed by atoms with van der Waals surface area (Å²) < 4.78 is 11.3. The number of nitrogens with one attached hydrogen (secondary N) is 2. The van der Waals surface area contributed by atoms with Gasteiger partial charge in [-0.1, -0.05) is 37.2 Å². The summed E-state index contributed by atoms with van der Waals surface area (Å²) in [6, 6.07) is 10.0. The number of aliphatic imine (C=N–C) groups is 1. The van der Waals surface area contributed by atoms with Gasteiger partial charge in [0.25, 0.3) is 0 Å². The maximum Gasteiger partial charge on any atom is 0.192 e. The molecule has 1 aromatic carbocycles. The van der Waals surface area contributed by atoms with Crippen molar-refractivity contribution in [3.8, 4) is 0 Å². The first-order chi connectivity index (χ1) is 12.6. The van der Waals surface area contributed by atoms with Crippen LogP contribution in [0.5, 0.6) is 0 Å². The standard InChI is InChI=1S/C20H26N4O2/c1-5-21-20(22-11-15-10-17(13(2)3)24-26-15)23-12-19-14(4)16-8-6-7-9-18(16)25-19/h6-10,13H,5,11-12H2,1-4H3,(H2,21,22,23). The van der Waals surface area contributed by atoms with Gasteiger partial charge in [0.05, 0.1) is 12.2 Å². The molecule has 26 heavy (non-hydrogen) atoms. The fraction of sp³-hybridized carbons (Fsp3) is 0.400. The van der Waals surface area contributed by atoms with Gasteiger partial charge in [0, 0.05) is 23.6 Å². The van der Waals surface area contributed by atoms with Crippen molar-refractivity contribution in [3.63, 3.8) is 0 Å². The van der Waals surface area contributed by atoms with E-state index in [0.717, 1.165) is 46.3 Å². The van der Waals surface area contributed by atoms with Gasteiger partial charge in [-0.3, -0.25) is 0 Å². The molecule has 0 fully saturated rings. The molecular weight excluding hydrogens is 328 g/mol. The number of hydrogen-bond donors (Lipinski definition) is 2. The number of hydrogen-bond acceptors (Lipinski definition) is 4. The molecule has 0 spiro atoms. The Morgan fingerprint density at radius 3 is 2.73 bits per heavy atom. The van der Waals surface area contributed by atoms with Crippen LogP contribution in [-0.2, 0) is 13.1 Å². The lowest BCUT2D eigenvalue weighted by Gasteiger charge is -2.10. The molecule has 2 heterocycles. The molecule has 0 aliphatic carbocycles. The van der Waals surface area contributed by atoms with Gasteiger partial charge in [0.15, 0.2) is 11.7 Å². The van der Waals surface area contributed by atoms with Crippen LogP contribution in [-0.4, -0.2) is 17.7 Å². The molecule has 0 bridgehead atoms. The Morgan fingerprint density at radius 2 is 2.04 bits per heavy atom. The second-order valence-electron chi connectivity index (χ2n) is 6.57. The van der Waals surface area contributed by atoms with Crippen molar-refractivity contribution in [1.29, 1.82) is 0 Å². The van der Waals surface area contributed by atoms with E-state index in [-0.39, 0.29) is 0 Å². The van der Waals surface area contributed by atoms with Crippen molar-refractivity contribution in [1.82, 2.24) is 15.8 Å². The van der Waals surface area contributed by atoms with E-state index in [1.165, 1.54) is 0 Å². The van der Waals surface area contributed by atoms with Gasteiger partial charge in [-0.05, 0) is 25.8 Å². The van der Waals surface area contributed by atoms with Gasteiger partial charge in [-0.15, -0.1) is 0 Å². The topological polar surface area (TPSA) is 75.6 Å². The fourth-order valence-corrected chi connectivity index (χ4v) is 2.73. The summed E-state index contributed by atoms with van der Waals surface area (Å²) in [4.78, 5) is 4.57. The van der Waals surface area contributed by atoms with E-state index in [9.17, 15) is 0 Å². The number of furan rings is 1. The van der Waals surface area contributed by atoms with Gasteiger partial charge in [0.2, 0.25) is 0 Å². The van der Waals surface area contributed by atoms with Gasteiger partial charge in [-0.2, -0.15) is 0 Å². The van der Waals surface area contributed by atoms with Crippen molar-refractivity contribution >= 4 is 16.9 Å². The zero-order valence-corrected chi connectivity index (χ0v) is 15.8. The Kier molecular flexibility index (Phi) is 5.61. The molecule has 0 aliphatic rings. The highest BCUT2D eigenvalue weighted by molar-refractivity contribution is 5.82. The van der Waals surface area contributed by atoms with Crippen LogP contribution < -0.4 is 10.6 Å². The average molecular weight is 354 g/mol. The first-order valence-corrected chi connectivity index (χ1v) is 9.03. The van der Waals surface area contributed by atoms with Crippen LogP contribution >= 0.6 is 0 Å². The zero-order valence-electron chi connectivity index (χ0n) is 15.8. The third kappa shape index (κ3) is 4.07. The van der Waals surface area contributed by atoms with Crippen LogP contribution in [0.2, 0.25) is 0 Å². The van der Waals surface area contributed by atoms with Gasteiger partial charge < -0.3 is 19.6 Å². The molecule has 0 unspecified atom stereocenters. The van der Waals surface area contributed by atoms with Crippen molar-refractivity contribution in [2.45, 2.75) is 46.7 Å². The lowest BCUT2D eigenvalue weighted by atomic mass is 10.1. The summed E-state index contributed by atoms with van der Waals surface area (Å²) >= 11 is 0. The Bertz CT molecular complexity index is 892. The Labute approximate surface area is 153 Å². The second kappa shape index (κ2) is 8.08. The molecule has 0 saturated heterocycles. The van der Waals surface area contributed by atoms with Crippen LogP contribution in [0.25, 0.3) is 11.0 Å². The summed E-state index contributed by atoms with van der Waals surface area (Å²) in [7, 11) is 0. The number of aromatic nitrogens is 1. The molecule has 138 valence electrons. The molecule has 0 amide bonds. The van der Waals surface area contributed by atoms with Crippen molar-refractivity contribution in [2.75, 3.05) is 6.54 Å². The number of rotatable bonds is 6. The molecule has 3 rings (SSSR count). The average Bonchev–Trinajstić information content (AvgIpc) is 3.23. The van der Waals surface area contributed by atoms with Crippen LogP contribution in [0.4, 0.5) is 0 Å². The van der Waals surface area contributed by atoms with E-state index in [1.54, 1.807) is 0 Å². The zero-order chi connectivity index (χ0) is 18.5. The summed E-state index contributed by atoms with van der Waals surface area (Å²) in [6.07, 6.45) is 0. The normalized spacial score (nSPS) is 12.1. The molecule has 0 radical (unpaired) electrons. The Morgan fingerprint density at radius 1 is 1.23 bits per heavy atom. The lowest BCUT2D eigenvalue weighted by Crippen LogP contribution is -2.36. The number of para-hydroxylation sites is 1. The van der Waals surface area contributed by atoms with E-state index in [2.05, 4.69) is 47.6 Å². The fourth-order valence-electron chi connectivity index (χ4n) is 2.73. The summed E-state index contributed by atoms with van der Waals surface area (Å²) in [6.45, 7) is 10.1. The first-order valence-electron chi connectivity index (χ1n) is 9.03. The minimum atomic E-state index is 0.346. The van der Waals surface area contributed by atoms with Crippen molar-refractivity contribution < 1.29 is 8.94 Å². The van der Waals surface area contributed by atoms with E-state index in [1.807, 2.05) is 31.2 Å². The van der Waals surface area contributed by atoms with Crippen LogP contribution in [0.3, 0.4) is 0 Å². The van der Waals surface area contributed by atoms with E-state index >= 15 is 0 Å². The molecule has 3 aromatic rings. The number of aryl methyl sites for hydroxylation is 1. The maximum atomic E-state index is 5.95. The highest BCUT2D eigenvalue weighted by Crippen LogP contribution is 2.24. The molecule has 6 heteroatoms. The quantitative estimate of drug-likeness (QED) is 0.515. The second-order valence-corrected chi connectivity index (χ2v) is 6.57. The Hall–Kier alpha value is -2.76. The highest BCUT2D eigenvalue weighted by Gasteiger charge is 2.11. The smallest absolute Gasteiger partial charge is 0.192 e. The SMILES string of the molecule is CCNC(=NCc1cc(C(C)C)no1)NCc1oc2ccccc2c1C. The minimum absolute atomic E-state index is 0.346. The first kappa shape index (κ1) is 18.0. The number of nitrogens with zero attached hydrogens (tertiary/aromatic N) is 2. The molecular formula is C20H26N4O2. The van der Waals surface area contributed by atoms with E-state index < -0.39 is 0 Å². The van der Waals surface area contributed by atoms with Gasteiger partial charge >= 0.3 is 0 Å². The van der Waals surface area contributed by atoms with E-state index in [4.69, 9.17) is 8.94 Å². The molecule has 0 saturated carbocycles. The van der Waals surface area contributed by atoms with Crippen LogP contribution in [0, 0.1) is 6.92 Å². The maximum absolute atomic E-state index is 5.95. The largest absolute Gasteiger partial charge is 0.459 e. The van der Waals surface area contributed by atoms with Gasteiger partial charge in [-0.25, -0.2) is 4.99 Å². The lowest BCUT2D eigenvalue weighted by molar-refractivity contribution is 0.376. The molecule has 2 N–H and O–H groups in total. The third-order valence-electron chi connectivity index (χ3n) is 4.26. The summed E-state index contributed by atoms with van der Waals surface area (Å²) in [5, 5.41) is 11.8. The Balaban J connectivity index is 1.68. The molecule has 0 atom stereocenters. The minimum Gasteiger partial charge on any atom is -0.459 e. The van der Waals surface area contributed by atoms with Crippen molar-refractivity contribution in [2.24, 2.45) is 4.99 Å². The summed E-state index contributed by atoms with van der Waals surface area (Å²) in [5.74, 6) is 2.73. The number of fused-ring (bicyclic) bond motifs is 1.